The maximum absolute atomic E-state index is 3.46. The van der Waals surface area contributed by atoms with E-state index in [2.05, 4.69) is 62.2 Å². The lowest BCUT2D eigenvalue weighted by atomic mass is 10.2. The van der Waals surface area contributed by atoms with E-state index < -0.39 is 0 Å². The molecule has 0 atom stereocenters. The molecule has 0 heterocycles. The van der Waals surface area contributed by atoms with E-state index >= 15 is 0 Å². The lowest BCUT2D eigenvalue weighted by Gasteiger charge is -2.28. The van der Waals surface area contributed by atoms with Crippen LogP contribution in [0.1, 0.15) is 27.7 Å². The van der Waals surface area contributed by atoms with Gasteiger partial charge >= 0.3 is 0 Å². The Morgan fingerprint density at radius 2 is 1.71 bits per heavy atom. The van der Waals surface area contributed by atoms with E-state index in [1.807, 2.05) is 6.07 Å². The predicted molar refractivity (Wildman–Crippen MR) is 76.5 cm³/mol. The van der Waals surface area contributed by atoms with E-state index in [1.165, 1.54) is 12.2 Å². The second kappa shape index (κ2) is 7.33. The fourth-order valence-corrected chi connectivity index (χ4v) is 1.93. The minimum atomic E-state index is 0.620. The average molecular weight is 234 g/mol. The first kappa shape index (κ1) is 14.0. The van der Waals surface area contributed by atoms with Gasteiger partial charge in [0.2, 0.25) is 0 Å². The highest BCUT2D eigenvalue weighted by Gasteiger charge is 2.10. The second-order valence-electron chi connectivity index (χ2n) is 5.28. The highest BCUT2D eigenvalue weighted by molar-refractivity contribution is 5.42. The summed E-state index contributed by atoms with van der Waals surface area (Å²) in [7, 11) is 0. The number of para-hydroxylation sites is 1. The van der Waals surface area contributed by atoms with Gasteiger partial charge in [-0.25, -0.2) is 0 Å². The molecule has 0 aliphatic heterocycles. The van der Waals surface area contributed by atoms with E-state index in [1.54, 1.807) is 0 Å². The second-order valence-corrected chi connectivity index (χ2v) is 5.28. The van der Waals surface area contributed by atoms with E-state index in [0.29, 0.717) is 6.04 Å². The Hall–Kier alpha value is -1.02. The molecule has 2 nitrogen and oxygen atoms in total. The summed E-state index contributed by atoms with van der Waals surface area (Å²) in [5, 5.41) is 3.46. The molecule has 0 aromatic heterocycles. The molecule has 1 aromatic rings. The molecule has 0 saturated heterocycles. The zero-order valence-electron chi connectivity index (χ0n) is 11.6. The summed E-state index contributed by atoms with van der Waals surface area (Å²) >= 11 is 0. The van der Waals surface area contributed by atoms with Gasteiger partial charge in [0.1, 0.15) is 0 Å². The van der Waals surface area contributed by atoms with Crippen molar-refractivity contribution in [1.29, 1.82) is 0 Å². The van der Waals surface area contributed by atoms with Crippen molar-refractivity contribution in [3.05, 3.63) is 30.3 Å². The molecule has 1 N–H and O–H groups in total. The molecule has 2 heteroatoms. The van der Waals surface area contributed by atoms with Gasteiger partial charge in [-0.1, -0.05) is 32.0 Å². The van der Waals surface area contributed by atoms with Crippen molar-refractivity contribution in [2.24, 2.45) is 5.92 Å². The van der Waals surface area contributed by atoms with Crippen LogP contribution in [0.5, 0.6) is 0 Å². The van der Waals surface area contributed by atoms with Gasteiger partial charge in [-0.3, -0.25) is 4.90 Å². The van der Waals surface area contributed by atoms with E-state index in [0.717, 1.165) is 19.0 Å². The average Bonchev–Trinajstić information content (AvgIpc) is 2.28. The fourth-order valence-electron chi connectivity index (χ4n) is 1.93. The quantitative estimate of drug-likeness (QED) is 0.777. The van der Waals surface area contributed by atoms with Gasteiger partial charge in [0.05, 0.1) is 0 Å². The summed E-state index contributed by atoms with van der Waals surface area (Å²) in [4.78, 5) is 2.53. The van der Waals surface area contributed by atoms with Gasteiger partial charge in [-0.05, 0) is 31.9 Å². The molecule has 0 aliphatic rings. The number of anilines is 1. The molecular weight excluding hydrogens is 208 g/mol. The molecule has 17 heavy (non-hydrogen) atoms. The van der Waals surface area contributed by atoms with Crippen molar-refractivity contribution in [1.82, 2.24) is 4.90 Å². The third-order valence-electron chi connectivity index (χ3n) is 2.83. The van der Waals surface area contributed by atoms with Crippen molar-refractivity contribution in [2.45, 2.75) is 33.7 Å². The van der Waals surface area contributed by atoms with Crippen LogP contribution in [0.15, 0.2) is 30.3 Å². The maximum atomic E-state index is 3.46. The molecule has 0 spiro atoms. The van der Waals surface area contributed by atoms with Crippen LogP contribution in [-0.2, 0) is 0 Å². The van der Waals surface area contributed by atoms with Crippen molar-refractivity contribution in [3.63, 3.8) is 0 Å². The lowest BCUT2D eigenvalue weighted by molar-refractivity contribution is 0.205. The van der Waals surface area contributed by atoms with Crippen LogP contribution >= 0.6 is 0 Å². The third-order valence-corrected chi connectivity index (χ3v) is 2.83. The smallest absolute Gasteiger partial charge is 0.0340 e. The van der Waals surface area contributed by atoms with Crippen LogP contribution in [0.4, 0.5) is 5.69 Å². The lowest BCUT2D eigenvalue weighted by Crippen LogP contribution is -2.37. The molecule has 0 saturated carbocycles. The van der Waals surface area contributed by atoms with Crippen molar-refractivity contribution < 1.29 is 0 Å². The van der Waals surface area contributed by atoms with Gasteiger partial charge in [0, 0.05) is 31.4 Å². The summed E-state index contributed by atoms with van der Waals surface area (Å²) in [6.45, 7) is 12.4. The third kappa shape index (κ3) is 5.73. The molecule has 0 bridgehead atoms. The van der Waals surface area contributed by atoms with E-state index in [4.69, 9.17) is 0 Å². The molecule has 1 aromatic carbocycles. The highest BCUT2D eigenvalue weighted by Crippen LogP contribution is 2.06. The van der Waals surface area contributed by atoms with Crippen LogP contribution in [0.25, 0.3) is 0 Å². The SMILES string of the molecule is CC(C)CN(CCNc1ccccc1)C(C)C. The van der Waals surface area contributed by atoms with Crippen molar-refractivity contribution in [3.8, 4) is 0 Å². The Morgan fingerprint density at radius 1 is 1.06 bits per heavy atom. The first-order chi connectivity index (χ1) is 8.09. The minimum Gasteiger partial charge on any atom is -0.384 e. The van der Waals surface area contributed by atoms with Crippen LogP contribution in [-0.4, -0.2) is 30.6 Å². The molecule has 96 valence electrons. The Balaban J connectivity index is 2.32. The number of rotatable bonds is 7. The highest BCUT2D eigenvalue weighted by atomic mass is 15.2. The zero-order chi connectivity index (χ0) is 12.7. The molecule has 0 radical (unpaired) electrons. The Kier molecular flexibility index (Phi) is 6.06. The number of nitrogens with zero attached hydrogens (tertiary/aromatic N) is 1. The van der Waals surface area contributed by atoms with E-state index in [9.17, 15) is 0 Å². The van der Waals surface area contributed by atoms with Crippen LogP contribution in [0.3, 0.4) is 0 Å². The standard InChI is InChI=1S/C15H26N2/c1-13(2)12-17(14(3)4)11-10-16-15-8-6-5-7-9-15/h5-9,13-14,16H,10-12H2,1-4H3. The minimum absolute atomic E-state index is 0.620. The molecule has 1 rings (SSSR count). The maximum Gasteiger partial charge on any atom is 0.0340 e. The number of benzene rings is 1. The van der Waals surface area contributed by atoms with Gasteiger partial charge < -0.3 is 5.32 Å². The van der Waals surface area contributed by atoms with E-state index in [-0.39, 0.29) is 0 Å². The molecule has 0 fully saturated rings. The summed E-state index contributed by atoms with van der Waals surface area (Å²) < 4.78 is 0. The van der Waals surface area contributed by atoms with Crippen molar-refractivity contribution in [2.75, 3.05) is 25.0 Å². The van der Waals surface area contributed by atoms with Crippen LogP contribution in [0, 0.1) is 5.92 Å². The fraction of sp³-hybridized carbons (Fsp3) is 0.600. The van der Waals surface area contributed by atoms with Gasteiger partial charge in [-0.2, -0.15) is 0 Å². The summed E-state index contributed by atoms with van der Waals surface area (Å²) in [6, 6.07) is 11.0. The van der Waals surface area contributed by atoms with Gasteiger partial charge in [-0.15, -0.1) is 0 Å². The Morgan fingerprint density at radius 3 is 2.24 bits per heavy atom. The Labute approximate surface area is 106 Å². The van der Waals surface area contributed by atoms with Gasteiger partial charge in [0.25, 0.3) is 0 Å². The summed E-state index contributed by atoms with van der Waals surface area (Å²) in [6.07, 6.45) is 0. The summed E-state index contributed by atoms with van der Waals surface area (Å²) in [5.74, 6) is 0.731. The normalized spacial score (nSPS) is 11.5. The number of nitrogens with one attached hydrogen (secondary N) is 1. The monoisotopic (exact) mass is 234 g/mol. The predicted octanol–water partition coefficient (Wildman–Crippen LogP) is 3.46. The van der Waals surface area contributed by atoms with Crippen molar-refractivity contribution >= 4 is 5.69 Å². The Bertz CT molecular complexity index is 293. The number of hydrogen-bond acceptors (Lipinski definition) is 2. The molecule has 0 unspecified atom stereocenters. The number of hydrogen-bond donors (Lipinski definition) is 1. The largest absolute Gasteiger partial charge is 0.384 e. The molecular formula is C15H26N2. The molecule has 0 aliphatic carbocycles. The molecule has 0 amide bonds. The topological polar surface area (TPSA) is 15.3 Å². The summed E-state index contributed by atoms with van der Waals surface area (Å²) in [5.41, 5.74) is 1.21. The first-order valence-electron chi connectivity index (χ1n) is 6.62. The van der Waals surface area contributed by atoms with Crippen LogP contribution in [0.2, 0.25) is 0 Å². The zero-order valence-corrected chi connectivity index (χ0v) is 11.6. The van der Waals surface area contributed by atoms with Gasteiger partial charge in [0.15, 0.2) is 0 Å². The first-order valence-corrected chi connectivity index (χ1v) is 6.62. The van der Waals surface area contributed by atoms with Crippen LogP contribution < -0.4 is 5.32 Å².